The lowest BCUT2D eigenvalue weighted by atomic mass is 10.0. The van der Waals surface area contributed by atoms with E-state index >= 15 is 0 Å². The molecule has 1 aromatic carbocycles. The van der Waals surface area contributed by atoms with Crippen molar-refractivity contribution in [2.24, 2.45) is 0 Å². The van der Waals surface area contributed by atoms with Gasteiger partial charge in [-0.25, -0.2) is 4.79 Å². The predicted molar refractivity (Wildman–Crippen MR) is 111 cm³/mol. The van der Waals surface area contributed by atoms with Crippen LogP contribution in [0.3, 0.4) is 0 Å². The number of hydrogen-bond donors (Lipinski definition) is 1. The molecule has 1 heterocycles. The Hall–Kier alpha value is -1.79. The van der Waals surface area contributed by atoms with E-state index in [4.69, 9.17) is 9.47 Å². The molecule has 0 saturated carbocycles. The zero-order valence-corrected chi connectivity index (χ0v) is 18.2. The third-order valence-electron chi connectivity index (χ3n) is 5.03. The van der Waals surface area contributed by atoms with Crippen LogP contribution in [-0.2, 0) is 4.74 Å². The summed E-state index contributed by atoms with van der Waals surface area (Å²) in [7, 11) is 1.81. The number of ether oxygens (including phenoxy) is 2. The van der Waals surface area contributed by atoms with E-state index in [-0.39, 0.29) is 18.7 Å². The third kappa shape index (κ3) is 6.99. The van der Waals surface area contributed by atoms with Crippen LogP contribution in [0.1, 0.15) is 44.7 Å². The van der Waals surface area contributed by atoms with Gasteiger partial charge in [0.15, 0.2) is 0 Å². The van der Waals surface area contributed by atoms with Crippen LogP contribution in [0.4, 0.5) is 4.79 Å². The van der Waals surface area contributed by atoms with Crippen LogP contribution >= 0.6 is 0 Å². The minimum Gasteiger partial charge on any atom is -0.491 e. The van der Waals surface area contributed by atoms with Crippen molar-refractivity contribution < 1.29 is 19.4 Å². The molecule has 0 radical (unpaired) electrons. The molecule has 6 heteroatoms. The van der Waals surface area contributed by atoms with Gasteiger partial charge in [-0.2, -0.15) is 0 Å². The van der Waals surface area contributed by atoms with Crippen LogP contribution in [0.2, 0.25) is 0 Å². The number of aliphatic hydroxyl groups excluding tert-OH is 1. The van der Waals surface area contributed by atoms with E-state index in [0.29, 0.717) is 6.54 Å². The molecule has 1 atom stereocenters. The number of amides is 1. The first-order chi connectivity index (χ1) is 13.0. The van der Waals surface area contributed by atoms with Crippen molar-refractivity contribution in [3.8, 4) is 5.75 Å². The number of β-amino-alcohol motifs (C(OH)–C–C–N with tert-alkyl or cyclic N) is 1. The summed E-state index contributed by atoms with van der Waals surface area (Å²) in [5, 5.41) is 10.4. The molecule has 1 unspecified atom stereocenters. The van der Waals surface area contributed by atoms with Crippen molar-refractivity contribution >= 4 is 6.09 Å². The molecule has 0 bridgehead atoms. The third-order valence-corrected chi connectivity index (χ3v) is 5.03. The fraction of sp³-hybridized carbons (Fsp3) is 0.682. The number of nitrogens with zero attached hydrogens (tertiary/aromatic N) is 2. The Morgan fingerprint density at radius 2 is 1.93 bits per heavy atom. The Bertz CT molecular complexity index is 648. The van der Waals surface area contributed by atoms with Crippen molar-refractivity contribution in [2.45, 2.75) is 65.2 Å². The fourth-order valence-corrected chi connectivity index (χ4v) is 3.37. The smallest absolute Gasteiger partial charge is 0.410 e. The molecule has 1 saturated heterocycles. The van der Waals surface area contributed by atoms with Crippen molar-refractivity contribution in [1.29, 1.82) is 0 Å². The summed E-state index contributed by atoms with van der Waals surface area (Å²) in [6.07, 6.45) is 0.939. The highest BCUT2D eigenvalue weighted by Crippen LogP contribution is 2.21. The van der Waals surface area contributed by atoms with Crippen LogP contribution in [0.15, 0.2) is 18.2 Å². The summed E-state index contributed by atoms with van der Waals surface area (Å²) >= 11 is 0. The topological polar surface area (TPSA) is 62.2 Å². The number of carbonyl (C=O) groups excluding carboxylic acids is 1. The number of rotatable bonds is 6. The van der Waals surface area contributed by atoms with Crippen molar-refractivity contribution in [3.63, 3.8) is 0 Å². The van der Waals surface area contributed by atoms with Gasteiger partial charge in [0, 0.05) is 32.7 Å². The van der Waals surface area contributed by atoms with E-state index in [2.05, 4.69) is 11.0 Å². The zero-order valence-electron chi connectivity index (χ0n) is 18.2. The van der Waals surface area contributed by atoms with E-state index in [0.717, 1.165) is 42.8 Å². The number of aryl methyl sites for hydroxylation is 2. The van der Waals surface area contributed by atoms with Gasteiger partial charge in [0.1, 0.15) is 24.1 Å². The molecular formula is C22H36N2O4. The average Bonchev–Trinajstić information content (AvgIpc) is 2.61. The maximum atomic E-state index is 12.2. The van der Waals surface area contributed by atoms with Gasteiger partial charge in [-0.05, 0) is 64.7 Å². The molecule has 1 aliphatic heterocycles. The molecule has 28 heavy (non-hydrogen) atoms. The SMILES string of the molecule is Cc1ccc(C)c(OCC(O)CN2CCC(N(C)C(=O)OC(C)(C)C)CC2)c1. The largest absolute Gasteiger partial charge is 0.491 e. The molecule has 1 aliphatic rings. The first kappa shape index (κ1) is 22.5. The summed E-state index contributed by atoms with van der Waals surface area (Å²) in [5.41, 5.74) is 1.74. The molecule has 158 valence electrons. The molecular weight excluding hydrogens is 356 g/mol. The average molecular weight is 393 g/mol. The van der Waals surface area contributed by atoms with Crippen LogP contribution in [0.5, 0.6) is 5.75 Å². The Morgan fingerprint density at radius 3 is 2.54 bits per heavy atom. The molecule has 1 N–H and O–H groups in total. The fourth-order valence-electron chi connectivity index (χ4n) is 3.37. The van der Waals surface area contributed by atoms with Gasteiger partial charge in [-0.3, -0.25) is 0 Å². The minimum absolute atomic E-state index is 0.175. The number of aliphatic hydroxyl groups is 1. The van der Waals surface area contributed by atoms with Crippen LogP contribution < -0.4 is 4.74 Å². The van der Waals surface area contributed by atoms with Crippen LogP contribution in [0.25, 0.3) is 0 Å². The Kier molecular flexibility index (Phi) is 7.72. The molecule has 1 fully saturated rings. The van der Waals surface area contributed by atoms with Crippen LogP contribution in [0, 0.1) is 13.8 Å². The monoisotopic (exact) mass is 392 g/mol. The van der Waals surface area contributed by atoms with Crippen molar-refractivity contribution in [3.05, 3.63) is 29.3 Å². The standard InChI is InChI=1S/C22H36N2O4/c1-16-7-8-17(2)20(13-16)27-15-19(25)14-24-11-9-18(10-12-24)23(6)21(26)28-22(3,4)5/h7-8,13,18-19,25H,9-12,14-15H2,1-6H3. The van der Waals surface area contributed by atoms with Crippen molar-refractivity contribution in [1.82, 2.24) is 9.80 Å². The van der Waals surface area contributed by atoms with Gasteiger partial charge in [-0.15, -0.1) is 0 Å². The maximum Gasteiger partial charge on any atom is 0.410 e. The predicted octanol–water partition coefficient (Wildman–Crippen LogP) is 3.37. The lowest BCUT2D eigenvalue weighted by Gasteiger charge is -2.37. The normalized spacial score (nSPS) is 17.2. The molecule has 0 aliphatic carbocycles. The lowest BCUT2D eigenvalue weighted by molar-refractivity contribution is 0.0104. The Balaban J connectivity index is 1.74. The van der Waals surface area contributed by atoms with Gasteiger partial charge >= 0.3 is 6.09 Å². The number of piperidine rings is 1. The van der Waals surface area contributed by atoms with Gasteiger partial charge in [0.05, 0.1) is 0 Å². The highest BCUT2D eigenvalue weighted by molar-refractivity contribution is 5.68. The highest BCUT2D eigenvalue weighted by atomic mass is 16.6. The van der Waals surface area contributed by atoms with Crippen LogP contribution in [-0.4, -0.2) is 72.0 Å². The van der Waals surface area contributed by atoms with Gasteiger partial charge in [0.25, 0.3) is 0 Å². The van der Waals surface area contributed by atoms with Crippen molar-refractivity contribution in [2.75, 3.05) is 33.3 Å². The summed E-state index contributed by atoms with van der Waals surface area (Å²) in [6, 6.07) is 6.26. The summed E-state index contributed by atoms with van der Waals surface area (Å²) < 4.78 is 11.3. The molecule has 0 spiro atoms. The number of carbonyl (C=O) groups is 1. The maximum absolute atomic E-state index is 12.2. The first-order valence-corrected chi connectivity index (χ1v) is 10.1. The molecule has 2 rings (SSSR count). The second kappa shape index (κ2) is 9.61. The number of likely N-dealkylation sites (tertiary alicyclic amines) is 1. The molecule has 6 nitrogen and oxygen atoms in total. The van der Waals surface area contributed by atoms with Gasteiger partial charge in [0.2, 0.25) is 0 Å². The van der Waals surface area contributed by atoms with E-state index in [9.17, 15) is 9.90 Å². The number of benzene rings is 1. The minimum atomic E-state index is -0.542. The molecule has 1 aromatic rings. The van der Waals surface area contributed by atoms with E-state index in [1.807, 2.05) is 46.8 Å². The van der Waals surface area contributed by atoms with Gasteiger partial charge in [-0.1, -0.05) is 12.1 Å². The second-order valence-electron chi connectivity index (χ2n) is 8.86. The summed E-state index contributed by atoms with van der Waals surface area (Å²) in [4.78, 5) is 16.2. The number of hydrogen-bond acceptors (Lipinski definition) is 5. The second-order valence-corrected chi connectivity index (χ2v) is 8.86. The molecule has 1 amide bonds. The lowest BCUT2D eigenvalue weighted by Crippen LogP contribution is -2.48. The summed E-state index contributed by atoms with van der Waals surface area (Å²) in [6.45, 7) is 12.2. The summed E-state index contributed by atoms with van der Waals surface area (Å²) in [5.74, 6) is 0.830. The zero-order chi connectivity index (χ0) is 20.9. The molecule has 0 aromatic heterocycles. The Labute approximate surface area is 169 Å². The highest BCUT2D eigenvalue weighted by Gasteiger charge is 2.29. The van der Waals surface area contributed by atoms with E-state index in [1.54, 1.807) is 11.9 Å². The Morgan fingerprint density at radius 1 is 1.29 bits per heavy atom. The first-order valence-electron chi connectivity index (χ1n) is 10.1. The van der Waals surface area contributed by atoms with Gasteiger partial charge < -0.3 is 24.4 Å². The quantitative estimate of drug-likeness (QED) is 0.804. The van der Waals surface area contributed by atoms with E-state index < -0.39 is 11.7 Å². The van der Waals surface area contributed by atoms with E-state index in [1.165, 1.54) is 0 Å².